The second-order valence-electron chi connectivity index (χ2n) is 13.2. The van der Waals surface area contributed by atoms with Crippen LogP contribution in [0.2, 0.25) is 0 Å². The fourth-order valence-corrected chi connectivity index (χ4v) is 7.88. The van der Waals surface area contributed by atoms with Gasteiger partial charge in [0.25, 0.3) is 0 Å². The van der Waals surface area contributed by atoms with Crippen molar-refractivity contribution < 1.29 is 9.90 Å². The first-order valence-electron chi connectivity index (χ1n) is 14.3. The van der Waals surface area contributed by atoms with Crippen LogP contribution in [0.5, 0.6) is 0 Å². The van der Waals surface area contributed by atoms with E-state index >= 15 is 0 Å². The van der Waals surface area contributed by atoms with Crippen LogP contribution in [0, 0.1) is 34.5 Å². The van der Waals surface area contributed by atoms with Gasteiger partial charge in [-0.3, -0.25) is 9.78 Å². The number of hydrogen-bond donors (Lipinski definition) is 1. The summed E-state index contributed by atoms with van der Waals surface area (Å²) >= 11 is 0. The zero-order valence-corrected chi connectivity index (χ0v) is 23.2. The Labute approximate surface area is 227 Å². The van der Waals surface area contributed by atoms with Crippen LogP contribution in [0.3, 0.4) is 0 Å². The lowest BCUT2D eigenvalue weighted by atomic mass is 9.51. The van der Waals surface area contributed by atoms with Crippen LogP contribution in [0.1, 0.15) is 84.1 Å². The average Bonchev–Trinajstić information content (AvgIpc) is 3.17. The van der Waals surface area contributed by atoms with E-state index < -0.39 is 5.60 Å². The molecule has 196 valence electrons. The van der Waals surface area contributed by atoms with Gasteiger partial charge in [-0.2, -0.15) is 0 Å². The van der Waals surface area contributed by atoms with Crippen molar-refractivity contribution in [2.75, 3.05) is 0 Å². The SMILES string of the molecule is CC(C)(C)C#C[C@]1(O)CC[C@H]2[C@@H]3CCC4=CC(=O)CCC4=C3[C@@H](c3ccc(-c4ccccn4)cc3)C[C@@]21C. The molecule has 3 nitrogen and oxygen atoms in total. The Morgan fingerprint density at radius 3 is 2.53 bits per heavy atom. The molecule has 0 saturated heterocycles. The van der Waals surface area contributed by atoms with Crippen molar-refractivity contribution >= 4 is 5.78 Å². The normalized spacial score (nSPS) is 32.5. The molecule has 3 heteroatoms. The Kier molecular flexibility index (Phi) is 6.04. The third kappa shape index (κ3) is 4.18. The van der Waals surface area contributed by atoms with E-state index in [1.165, 1.54) is 16.7 Å². The van der Waals surface area contributed by atoms with Crippen molar-refractivity contribution in [2.24, 2.45) is 22.7 Å². The Bertz CT molecular complexity index is 1380. The number of aliphatic hydroxyl groups is 1. The highest BCUT2D eigenvalue weighted by Crippen LogP contribution is 2.66. The van der Waals surface area contributed by atoms with Crippen LogP contribution in [0.15, 0.2) is 71.5 Å². The van der Waals surface area contributed by atoms with Crippen LogP contribution in [-0.4, -0.2) is 21.5 Å². The number of allylic oxidation sites excluding steroid dienone is 4. The second kappa shape index (κ2) is 9.06. The Balaban J connectivity index is 1.47. The van der Waals surface area contributed by atoms with Gasteiger partial charge in [0.05, 0.1) is 5.69 Å². The molecule has 4 aliphatic rings. The summed E-state index contributed by atoms with van der Waals surface area (Å²) in [5.74, 6) is 8.15. The first-order valence-corrected chi connectivity index (χ1v) is 14.3. The molecule has 5 atom stereocenters. The van der Waals surface area contributed by atoms with E-state index in [1.807, 2.05) is 30.5 Å². The van der Waals surface area contributed by atoms with Crippen LogP contribution < -0.4 is 0 Å². The minimum Gasteiger partial charge on any atom is -0.377 e. The smallest absolute Gasteiger partial charge is 0.156 e. The first-order chi connectivity index (χ1) is 18.1. The summed E-state index contributed by atoms with van der Waals surface area (Å²) in [7, 11) is 0. The second-order valence-corrected chi connectivity index (χ2v) is 13.2. The minimum atomic E-state index is -0.980. The van der Waals surface area contributed by atoms with Crippen molar-refractivity contribution in [3.05, 3.63) is 77.0 Å². The van der Waals surface area contributed by atoms with Gasteiger partial charge in [0, 0.05) is 34.9 Å². The third-order valence-corrected chi connectivity index (χ3v) is 9.80. The summed E-state index contributed by atoms with van der Waals surface area (Å²) < 4.78 is 0. The molecule has 2 fully saturated rings. The van der Waals surface area contributed by atoms with Gasteiger partial charge in [-0.05, 0) is 106 Å². The number of rotatable bonds is 2. The van der Waals surface area contributed by atoms with Crippen molar-refractivity contribution in [3.8, 4) is 23.1 Å². The number of hydrogen-bond acceptors (Lipinski definition) is 3. The zero-order valence-electron chi connectivity index (χ0n) is 23.2. The van der Waals surface area contributed by atoms with E-state index in [-0.39, 0.29) is 22.5 Å². The number of carbonyl (C=O) groups excluding carboxylic acids is 1. The van der Waals surface area contributed by atoms with Crippen molar-refractivity contribution in [1.29, 1.82) is 0 Å². The zero-order chi connectivity index (χ0) is 26.7. The summed E-state index contributed by atoms with van der Waals surface area (Å²) in [6.07, 6.45) is 9.90. The van der Waals surface area contributed by atoms with Gasteiger partial charge in [0.1, 0.15) is 5.60 Å². The number of nitrogens with zero attached hydrogens (tertiary/aromatic N) is 1. The summed E-state index contributed by atoms with van der Waals surface area (Å²) in [4.78, 5) is 16.9. The highest BCUT2D eigenvalue weighted by atomic mass is 16.3. The quantitative estimate of drug-likeness (QED) is 0.432. The summed E-state index contributed by atoms with van der Waals surface area (Å²) in [5, 5.41) is 12.2. The molecule has 0 radical (unpaired) electrons. The highest BCUT2D eigenvalue weighted by molar-refractivity contribution is 5.93. The molecule has 0 spiro atoms. The Morgan fingerprint density at radius 1 is 1.03 bits per heavy atom. The predicted molar refractivity (Wildman–Crippen MR) is 152 cm³/mol. The monoisotopic (exact) mass is 505 g/mol. The van der Waals surface area contributed by atoms with Gasteiger partial charge in [-0.1, -0.05) is 54.7 Å². The fourth-order valence-electron chi connectivity index (χ4n) is 7.88. The van der Waals surface area contributed by atoms with E-state index in [1.54, 1.807) is 5.57 Å². The fraction of sp³-hybridized carbons (Fsp3) is 0.486. The highest BCUT2D eigenvalue weighted by Gasteiger charge is 2.62. The molecule has 4 aliphatic carbocycles. The Morgan fingerprint density at radius 2 is 1.82 bits per heavy atom. The van der Waals surface area contributed by atoms with Gasteiger partial charge in [-0.25, -0.2) is 0 Å². The van der Waals surface area contributed by atoms with Gasteiger partial charge < -0.3 is 5.11 Å². The molecular formula is C35H39NO2. The summed E-state index contributed by atoms with van der Waals surface area (Å²) in [5.41, 5.74) is 6.25. The molecule has 0 amide bonds. The molecular weight excluding hydrogens is 466 g/mol. The molecule has 0 bridgehead atoms. The maximum atomic E-state index is 12.3. The van der Waals surface area contributed by atoms with Gasteiger partial charge in [-0.15, -0.1) is 0 Å². The molecule has 1 heterocycles. The van der Waals surface area contributed by atoms with Gasteiger partial charge in [0.2, 0.25) is 0 Å². The topological polar surface area (TPSA) is 50.2 Å². The molecule has 1 aromatic heterocycles. The van der Waals surface area contributed by atoms with Crippen LogP contribution >= 0.6 is 0 Å². The average molecular weight is 506 g/mol. The number of aromatic nitrogens is 1. The predicted octanol–water partition coefficient (Wildman–Crippen LogP) is 7.43. The molecule has 1 aromatic carbocycles. The summed E-state index contributed by atoms with van der Waals surface area (Å²) in [6, 6.07) is 14.9. The molecule has 1 N–H and O–H groups in total. The maximum absolute atomic E-state index is 12.3. The molecule has 0 aliphatic heterocycles. The van der Waals surface area contributed by atoms with E-state index in [4.69, 9.17) is 0 Å². The molecule has 38 heavy (non-hydrogen) atoms. The third-order valence-electron chi connectivity index (χ3n) is 9.80. The lowest BCUT2D eigenvalue weighted by Crippen LogP contribution is -2.51. The van der Waals surface area contributed by atoms with E-state index in [0.29, 0.717) is 18.3 Å². The first kappa shape index (κ1) is 25.3. The number of benzene rings is 1. The number of carbonyl (C=O) groups is 1. The summed E-state index contributed by atoms with van der Waals surface area (Å²) in [6.45, 7) is 8.67. The van der Waals surface area contributed by atoms with Gasteiger partial charge >= 0.3 is 0 Å². The number of ketones is 1. The van der Waals surface area contributed by atoms with Crippen LogP contribution in [-0.2, 0) is 4.79 Å². The minimum absolute atomic E-state index is 0.147. The largest absolute Gasteiger partial charge is 0.377 e. The van der Waals surface area contributed by atoms with Gasteiger partial charge in [0.15, 0.2) is 5.78 Å². The van der Waals surface area contributed by atoms with Crippen LogP contribution in [0.4, 0.5) is 0 Å². The molecule has 2 saturated carbocycles. The molecule has 2 aromatic rings. The molecule has 0 unspecified atom stereocenters. The number of fused-ring (bicyclic) bond motifs is 4. The van der Waals surface area contributed by atoms with E-state index in [9.17, 15) is 9.90 Å². The standard InChI is InChI=1S/C35H39NO2/c1-33(2,3)18-19-35(38)17-16-30-28-14-12-25-21-26(37)13-15-27(25)32(28)29(22-34(30,35)4)23-8-10-24(11-9-23)31-7-5-6-20-36-31/h5-11,20-21,28-30,38H,12-17,22H2,1-4H3/t28-,29+,30-,34-,35+/m0/s1. The van der Waals surface area contributed by atoms with E-state index in [0.717, 1.165) is 49.8 Å². The van der Waals surface area contributed by atoms with Crippen molar-refractivity contribution in [3.63, 3.8) is 0 Å². The number of pyridine rings is 1. The lowest BCUT2D eigenvalue weighted by molar-refractivity contribution is -0.114. The van der Waals surface area contributed by atoms with E-state index in [2.05, 4.69) is 68.8 Å². The lowest BCUT2D eigenvalue weighted by Gasteiger charge is -2.53. The van der Waals surface area contributed by atoms with Crippen molar-refractivity contribution in [1.82, 2.24) is 4.98 Å². The molecule has 6 rings (SSSR count). The maximum Gasteiger partial charge on any atom is 0.156 e. The Hall–Kier alpha value is -2.96. The van der Waals surface area contributed by atoms with Crippen molar-refractivity contribution in [2.45, 2.75) is 84.2 Å². The van der Waals surface area contributed by atoms with Crippen LogP contribution in [0.25, 0.3) is 11.3 Å².